The van der Waals surface area contributed by atoms with E-state index in [0.717, 1.165) is 88.7 Å². The van der Waals surface area contributed by atoms with Gasteiger partial charge in [0.2, 0.25) is 0 Å². The third-order valence-corrected chi connectivity index (χ3v) is 9.27. The van der Waals surface area contributed by atoms with Crippen molar-refractivity contribution in [3.63, 3.8) is 0 Å². The molecule has 0 saturated carbocycles. The summed E-state index contributed by atoms with van der Waals surface area (Å²) in [4.78, 5) is 8.87. The second kappa shape index (κ2) is 12.2. The van der Waals surface area contributed by atoms with E-state index < -0.39 is 0 Å². The zero-order chi connectivity index (χ0) is 32.6. The number of hydrogen-bond acceptors (Lipinski definition) is 3. The molecule has 6 aromatic carbocycles. The number of hydrogen-bond donors (Lipinski definition) is 0. The summed E-state index contributed by atoms with van der Waals surface area (Å²) in [5.41, 5.74) is 15.1. The van der Waals surface area contributed by atoms with Crippen molar-refractivity contribution in [3.8, 4) is 66.8 Å². The van der Waals surface area contributed by atoms with Crippen LogP contribution in [0.1, 0.15) is 0 Å². The van der Waals surface area contributed by atoms with Gasteiger partial charge in [0.05, 0.1) is 0 Å². The molecule has 3 nitrogen and oxygen atoms in total. The predicted molar refractivity (Wildman–Crippen MR) is 202 cm³/mol. The molecule has 0 amide bonds. The third kappa shape index (κ3) is 5.18. The molecule has 3 aromatic heterocycles. The van der Waals surface area contributed by atoms with Gasteiger partial charge in [0.1, 0.15) is 11.2 Å². The first-order valence-electron chi connectivity index (χ1n) is 16.5. The van der Waals surface area contributed by atoms with Gasteiger partial charge in [-0.1, -0.05) is 127 Å². The number of furan rings is 1. The molecule has 0 N–H and O–H groups in total. The highest BCUT2D eigenvalue weighted by Crippen LogP contribution is 2.43. The van der Waals surface area contributed by atoms with E-state index in [2.05, 4.69) is 149 Å². The first-order chi connectivity index (χ1) is 24.3. The summed E-state index contributed by atoms with van der Waals surface area (Å²) >= 11 is 0. The Hall–Kier alpha value is -6.58. The topological polar surface area (TPSA) is 38.9 Å². The van der Waals surface area contributed by atoms with Crippen molar-refractivity contribution in [1.29, 1.82) is 0 Å². The Labute approximate surface area is 284 Å². The van der Waals surface area contributed by atoms with E-state index in [0.29, 0.717) is 0 Å². The second-order valence-corrected chi connectivity index (χ2v) is 12.2. The lowest BCUT2D eigenvalue weighted by atomic mass is 9.88. The number of benzene rings is 6. The number of pyridine rings is 2. The zero-order valence-corrected chi connectivity index (χ0v) is 26.6. The summed E-state index contributed by atoms with van der Waals surface area (Å²) in [5.74, 6) is 0. The van der Waals surface area contributed by atoms with Gasteiger partial charge >= 0.3 is 0 Å². The smallest absolute Gasteiger partial charge is 0.143 e. The van der Waals surface area contributed by atoms with E-state index in [9.17, 15) is 0 Å². The molecule has 9 aromatic rings. The van der Waals surface area contributed by atoms with E-state index >= 15 is 0 Å². The van der Waals surface area contributed by atoms with E-state index in [1.165, 1.54) is 0 Å². The molecule has 0 aliphatic carbocycles. The van der Waals surface area contributed by atoms with Crippen molar-refractivity contribution in [2.24, 2.45) is 0 Å². The summed E-state index contributed by atoms with van der Waals surface area (Å²) in [5, 5.41) is 2.21. The highest BCUT2D eigenvalue weighted by atomic mass is 16.3. The van der Waals surface area contributed by atoms with Crippen LogP contribution < -0.4 is 0 Å². The summed E-state index contributed by atoms with van der Waals surface area (Å²) in [6.07, 6.45) is 7.50. The Kier molecular flexibility index (Phi) is 7.14. The number of aromatic nitrogens is 2. The minimum absolute atomic E-state index is 0.880. The molecular formula is C46H30N2O. The molecule has 0 fully saturated rings. The summed E-state index contributed by atoms with van der Waals surface area (Å²) in [6.45, 7) is 0. The van der Waals surface area contributed by atoms with Crippen molar-refractivity contribution in [1.82, 2.24) is 9.97 Å². The molecule has 3 heteroatoms. The van der Waals surface area contributed by atoms with Gasteiger partial charge in [-0.2, -0.15) is 0 Å². The average Bonchev–Trinajstić information content (AvgIpc) is 3.58. The molecule has 0 unspecified atom stereocenters. The van der Waals surface area contributed by atoms with E-state index in [4.69, 9.17) is 4.42 Å². The van der Waals surface area contributed by atoms with E-state index in [1.54, 1.807) is 0 Å². The largest absolute Gasteiger partial charge is 0.455 e. The van der Waals surface area contributed by atoms with E-state index in [-0.39, 0.29) is 0 Å². The molecule has 230 valence electrons. The monoisotopic (exact) mass is 626 g/mol. The Morgan fingerprint density at radius 2 is 0.694 bits per heavy atom. The molecule has 0 atom stereocenters. The molecule has 0 spiro atoms. The Morgan fingerprint density at radius 1 is 0.306 bits per heavy atom. The molecule has 0 aliphatic heterocycles. The number of rotatable bonds is 6. The molecule has 0 saturated heterocycles. The summed E-state index contributed by atoms with van der Waals surface area (Å²) in [6, 6.07) is 55.6. The first-order valence-corrected chi connectivity index (χ1v) is 16.5. The van der Waals surface area contributed by atoms with Crippen molar-refractivity contribution >= 4 is 21.9 Å². The third-order valence-electron chi connectivity index (χ3n) is 9.27. The van der Waals surface area contributed by atoms with Gasteiger partial charge in [0, 0.05) is 57.8 Å². The van der Waals surface area contributed by atoms with Gasteiger partial charge < -0.3 is 4.42 Å². The van der Waals surface area contributed by atoms with Crippen molar-refractivity contribution in [2.75, 3.05) is 0 Å². The van der Waals surface area contributed by atoms with E-state index in [1.807, 2.05) is 43.0 Å². The SMILES string of the molecule is c1ccc(-c2cccc3c2oc2c(-c4cc(-c5ccccc5-c5cccnc5)cc(-c5ccccc5-c5cccnc5)c4)cccc23)cc1. The molecular weight excluding hydrogens is 597 g/mol. The van der Waals surface area contributed by atoms with Gasteiger partial charge in [0.25, 0.3) is 0 Å². The van der Waals surface area contributed by atoms with Crippen LogP contribution in [0.4, 0.5) is 0 Å². The number of para-hydroxylation sites is 2. The molecule has 3 heterocycles. The maximum Gasteiger partial charge on any atom is 0.143 e. The zero-order valence-electron chi connectivity index (χ0n) is 26.6. The maximum atomic E-state index is 6.88. The second-order valence-electron chi connectivity index (χ2n) is 12.2. The van der Waals surface area contributed by atoms with Crippen molar-refractivity contribution in [2.45, 2.75) is 0 Å². The van der Waals surface area contributed by atoms with Gasteiger partial charge in [-0.3, -0.25) is 9.97 Å². The normalized spacial score (nSPS) is 11.3. The van der Waals surface area contributed by atoms with Crippen LogP contribution in [-0.2, 0) is 0 Å². The standard InChI is InChI=1S/C46H30N2O/c1-2-12-31(13-3-1)41-20-8-22-43-44-23-9-21-42(46(44)49-45(41)43)36-27-34(39-18-6-4-16-37(39)32-14-10-24-47-29-32)26-35(28-36)40-19-7-5-17-38(40)33-15-11-25-48-30-33/h1-30H. The Bertz CT molecular complexity index is 2490. The molecule has 0 bridgehead atoms. The molecule has 0 radical (unpaired) electrons. The van der Waals surface area contributed by atoms with Crippen LogP contribution >= 0.6 is 0 Å². The molecule has 9 rings (SSSR count). The highest BCUT2D eigenvalue weighted by Gasteiger charge is 2.18. The van der Waals surface area contributed by atoms with Crippen molar-refractivity contribution < 1.29 is 4.42 Å². The van der Waals surface area contributed by atoms with Crippen LogP contribution in [0.15, 0.2) is 187 Å². The van der Waals surface area contributed by atoms with Gasteiger partial charge in [-0.25, -0.2) is 0 Å². The van der Waals surface area contributed by atoms with Gasteiger partial charge in [-0.05, 0) is 74.8 Å². The van der Waals surface area contributed by atoms with Gasteiger partial charge in [-0.15, -0.1) is 0 Å². The van der Waals surface area contributed by atoms with Crippen molar-refractivity contribution in [3.05, 3.63) is 183 Å². The van der Waals surface area contributed by atoms with Crippen LogP contribution in [0.3, 0.4) is 0 Å². The summed E-state index contributed by atoms with van der Waals surface area (Å²) in [7, 11) is 0. The molecule has 49 heavy (non-hydrogen) atoms. The van der Waals surface area contributed by atoms with Gasteiger partial charge in [0.15, 0.2) is 0 Å². The number of nitrogens with zero attached hydrogens (tertiary/aromatic N) is 2. The lowest BCUT2D eigenvalue weighted by Gasteiger charge is -2.16. The fourth-order valence-electron chi connectivity index (χ4n) is 7.00. The lowest BCUT2D eigenvalue weighted by molar-refractivity contribution is 0.671. The first kappa shape index (κ1) is 28.6. The number of fused-ring (bicyclic) bond motifs is 3. The van der Waals surface area contributed by atoms with Crippen LogP contribution in [0.5, 0.6) is 0 Å². The lowest BCUT2D eigenvalue weighted by Crippen LogP contribution is -1.91. The summed E-state index contributed by atoms with van der Waals surface area (Å²) < 4.78 is 6.88. The van der Waals surface area contributed by atoms with Crippen LogP contribution in [-0.4, -0.2) is 9.97 Å². The molecule has 0 aliphatic rings. The average molecular weight is 627 g/mol. The minimum atomic E-state index is 0.880. The predicted octanol–water partition coefficient (Wildman–Crippen LogP) is 12.4. The fourth-order valence-corrected chi connectivity index (χ4v) is 7.00. The van der Waals surface area contributed by atoms with Crippen LogP contribution in [0, 0.1) is 0 Å². The fraction of sp³-hybridized carbons (Fsp3) is 0. The quantitative estimate of drug-likeness (QED) is 0.184. The maximum absolute atomic E-state index is 6.88. The van der Waals surface area contributed by atoms with Crippen LogP contribution in [0.2, 0.25) is 0 Å². The Morgan fingerprint density at radius 3 is 1.16 bits per heavy atom. The highest BCUT2D eigenvalue weighted by molar-refractivity contribution is 6.13. The van der Waals surface area contributed by atoms with Crippen LogP contribution in [0.25, 0.3) is 88.7 Å². The Balaban J connectivity index is 1.31. The minimum Gasteiger partial charge on any atom is -0.455 e.